The van der Waals surface area contributed by atoms with Crippen LogP contribution in [0.15, 0.2) is 11.3 Å². The summed E-state index contributed by atoms with van der Waals surface area (Å²) in [5.74, 6) is -1.33. The molecule has 4 heteroatoms. The van der Waals surface area contributed by atoms with E-state index in [0.717, 1.165) is 19.3 Å². The predicted molar refractivity (Wildman–Crippen MR) is 79.1 cm³/mol. The van der Waals surface area contributed by atoms with Gasteiger partial charge >= 0.3 is 5.97 Å². The van der Waals surface area contributed by atoms with Crippen molar-refractivity contribution in [3.63, 3.8) is 0 Å². The number of unbranched alkanes of at least 4 members (excludes halogenated alkanes) is 7. The van der Waals surface area contributed by atoms with Crippen LogP contribution in [0.5, 0.6) is 0 Å². The molecule has 20 heavy (non-hydrogen) atoms. The molecule has 0 unspecified atom stereocenters. The van der Waals surface area contributed by atoms with Crippen molar-refractivity contribution in [3.8, 4) is 6.07 Å². The van der Waals surface area contributed by atoms with Crippen LogP contribution in [0.3, 0.4) is 0 Å². The summed E-state index contributed by atoms with van der Waals surface area (Å²) in [7, 11) is 0. The van der Waals surface area contributed by atoms with E-state index in [-0.39, 0.29) is 12.2 Å². The molecule has 1 N–H and O–H groups in total. The fourth-order valence-electron chi connectivity index (χ4n) is 1.99. The van der Waals surface area contributed by atoms with Gasteiger partial charge in [-0.1, -0.05) is 51.9 Å². The van der Waals surface area contributed by atoms with Gasteiger partial charge in [-0.2, -0.15) is 5.26 Å². The summed E-state index contributed by atoms with van der Waals surface area (Å²) in [6, 6.07) is 1.89. The summed E-state index contributed by atoms with van der Waals surface area (Å²) in [6.07, 6.45) is 9.76. The highest BCUT2D eigenvalue weighted by atomic mass is 16.5. The van der Waals surface area contributed by atoms with E-state index in [4.69, 9.17) is 5.26 Å². The molecule has 0 saturated carbocycles. The lowest BCUT2D eigenvalue weighted by molar-refractivity contribution is -0.141. The largest absolute Gasteiger partial charge is 0.501 e. The van der Waals surface area contributed by atoms with Crippen LogP contribution in [-0.2, 0) is 9.53 Å². The lowest BCUT2D eigenvalue weighted by atomic mass is 10.0. The highest BCUT2D eigenvalue weighted by Crippen LogP contribution is 2.15. The first-order chi connectivity index (χ1) is 9.67. The Labute approximate surface area is 122 Å². The highest BCUT2D eigenvalue weighted by molar-refractivity contribution is 5.87. The molecular formula is C16H27NO3. The first-order valence-electron chi connectivity index (χ1n) is 7.66. The minimum absolute atomic E-state index is 0.134. The lowest BCUT2D eigenvalue weighted by Crippen LogP contribution is -2.09. The maximum absolute atomic E-state index is 11.3. The van der Waals surface area contributed by atoms with Gasteiger partial charge in [-0.05, 0) is 19.8 Å². The number of allylic oxidation sites excluding steroid dienone is 1. The zero-order chi connectivity index (χ0) is 15.2. The van der Waals surface area contributed by atoms with Crippen molar-refractivity contribution in [1.82, 2.24) is 0 Å². The maximum Gasteiger partial charge on any atom is 0.374 e. The molecule has 0 aliphatic carbocycles. The van der Waals surface area contributed by atoms with Gasteiger partial charge in [0.25, 0.3) is 0 Å². The molecule has 0 aromatic heterocycles. The van der Waals surface area contributed by atoms with Crippen LogP contribution in [0.2, 0.25) is 0 Å². The Morgan fingerprint density at radius 2 is 1.60 bits per heavy atom. The second kappa shape index (κ2) is 12.5. The molecule has 0 bridgehead atoms. The third-order valence-electron chi connectivity index (χ3n) is 3.17. The number of nitrogens with zero attached hydrogens (tertiary/aromatic N) is 1. The van der Waals surface area contributed by atoms with Gasteiger partial charge in [0.2, 0.25) is 5.76 Å². The van der Waals surface area contributed by atoms with E-state index in [2.05, 4.69) is 11.7 Å². The number of aliphatic hydroxyl groups excluding tert-OH is 1. The minimum atomic E-state index is -0.802. The van der Waals surface area contributed by atoms with Gasteiger partial charge in [-0.25, -0.2) is 4.79 Å². The Morgan fingerprint density at radius 3 is 2.10 bits per heavy atom. The Hall–Kier alpha value is -1.50. The van der Waals surface area contributed by atoms with Crippen molar-refractivity contribution in [2.45, 2.75) is 71.6 Å². The van der Waals surface area contributed by atoms with Gasteiger partial charge < -0.3 is 9.84 Å². The molecule has 0 amide bonds. The van der Waals surface area contributed by atoms with E-state index in [1.807, 2.05) is 6.07 Å². The number of esters is 1. The molecule has 0 heterocycles. The molecule has 0 spiro atoms. The Balaban J connectivity index is 3.88. The normalized spacial score (nSPS) is 11.7. The van der Waals surface area contributed by atoms with Crippen molar-refractivity contribution in [3.05, 3.63) is 11.3 Å². The number of carbonyl (C=O) groups is 1. The SMILES string of the molecule is CCCCCCCCCC/C(C#N)=C(\O)C(=O)OCC. The van der Waals surface area contributed by atoms with Crippen molar-refractivity contribution in [2.24, 2.45) is 0 Å². The van der Waals surface area contributed by atoms with Crippen LogP contribution in [0, 0.1) is 11.3 Å². The van der Waals surface area contributed by atoms with Crippen LogP contribution >= 0.6 is 0 Å². The van der Waals surface area contributed by atoms with Gasteiger partial charge in [0, 0.05) is 0 Å². The number of nitriles is 1. The van der Waals surface area contributed by atoms with E-state index < -0.39 is 11.7 Å². The summed E-state index contributed by atoms with van der Waals surface area (Å²) < 4.78 is 4.67. The third kappa shape index (κ3) is 8.58. The average molecular weight is 281 g/mol. The first-order valence-corrected chi connectivity index (χ1v) is 7.66. The van der Waals surface area contributed by atoms with E-state index in [1.165, 1.54) is 32.1 Å². The van der Waals surface area contributed by atoms with Crippen LogP contribution < -0.4 is 0 Å². The van der Waals surface area contributed by atoms with Crippen LogP contribution in [0.25, 0.3) is 0 Å². The standard InChI is InChI=1S/C16H27NO3/c1-3-5-6-7-8-9-10-11-12-14(13-17)15(18)16(19)20-4-2/h18H,3-12H2,1-2H3/b15-14+. The van der Waals surface area contributed by atoms with E-state index >= 15 is 0 Å². The molecule has 0 radical (unpaired) electrons. The fourth-order valence-corrected chi connectivity index (χ4v) is 1.99. The fraction of sp³-hybridized carbons (Fsp3) is 0.750. The summed E-state index contributed by atoms with van der Waals surface area (Å²) >= 11 is 0. The first kappa shape index (κ1) is 18.5. The Bertz CT molecular complexity index is 342. The second-order valence-corrected chi connectivity index (χ2v) is 4.88. The monoisotopic (exact) mass is 281 g/mol. The number of hydrogen-bond acceptors (Lipinski definition) is 4. The Kier molecular flexibility index (Phi) is 11.6. The zero-order valence-electron chi connectivity index (χ0n) is 12.8. The Morgan fingerprint density at radius 1 is 1.05 bits per heavy atom. The summed E-state index contributed by atoms with van der Waals surface area (Å²) in [4.78, 5) is 11.3. The smallest absolute Gasteiger partial charge is 0.374 e. The number of rotatable bonds is 11. The molecular weight excluding hydrogens is 254 g/mol. The topological polar surface area (TPSA) is 70.3 Å². The molecule has 0 aromatic rings. The van der Waals surface area contributed by atoms with Crippen LogP contribution in [0.1, 0.15) is 71.6 Å². The van der Waals surface area contributed by atoms with Gasteiger partial charge in [0.05, 0.1) is 18.2 Å². The van der Waals surface area contributed by atoms with Gasteiger partial charge in [0.1, 0.15) is 0 Å². The highest BCUT2D eigenvalue weighted by Gasteiger charge is 2.14. The van der Waals surface area contributed by atoms with Gasteiger partial charge in [0.15, 0.2) is 0 Å². The summed E-state index contributed by atoms with van der Waals surface area (Å²) in [6.45, 7) is 4.06. The van der Waals surface area contributed by atoms with Crippen molar-refractivity contribution >= 4 is 5.97 Å². The second-order valence-electron chi connectivity index (χ2n) is 4.88. The third-order valence-corrected chi connectivity index (χ3v) is 3.17. The molecule has 0 fully saturated rings. The molecule has 0 atom stereocenters. The molecule has 0 aromatic carbocycles. The number of hydrogen-bond donors (Lipinski definition) is 1. The average Bonchev–Trinajstić information content (AvgIpc) is 2.45. The van der Waals surface area contributed by atoms with Crippen LogP contribution in [-0.4, -0.2) is 17.7 Å². The zero-order valence-corrected chi connectivity index (χ0v) is 12.8. The lowest BCUT2D eigenvalue weighted by Gasteiger charge is -2.04. The van der Waals surface area contributed by atoms with Crippen LogP contribution in [0.4, 0.5) is 0 Å². The van der Waals surface area contributed by atoms with E-state index in [1.54, 1.807) is 6.92 Å². The quantitative estimate of drug-likeness (QED) is 0.200. The number of carbonyl (C=O) groups excluding carboxylic acids is 1. The van der Waals surface area contributed by atoms with Crippen molar-refractivity contribution in [1.29, 1.82) is 5.26 Å². The molecule has 0 rings (SSSR count). The van der Waals surface area contributed by atoms with Crippen molar-refractivity contribution in [2.75, 3.05) is 6.61 Å². The molecule has 114 valence electrons. The maximum atomic E-state index is 11.3. The van der Waals surface area contributed by atoms with E-state index in [0.29, 0.717) is 6.42 Å². The summed E-state index contributed by atoms with van der Waals surface area (Å²) in [5.41, 5.74) is 0.134. The molecule has 0 aliphatic heterocycles. The molecule has 0 saturated heterocycles. The number of ether oxygens (including phenoxy) is 1. The molecule has 0 aliphatic rings. The minimum Gasteiger partial charge on any atom is -0.501 e. The summed E-state index contributed by atoms with van der Waals surface area (Å²) in [5, 5.41) is 18.5. The van der Waals surface area contributed by atoms with Crippen molar-refractivity contribution < 1.29 is 14.6 Å². The molecule has 4 nitrogen and oxygen atoms in total. The number of aliphatic hydroxyl groups is 1. The van der Waals surface area contributed by atoms with Gasteiger partial charge in [-0.15, -0.1) is 0 Å². The predicted octanol–water partition coefficient (Wildman–Crippen LogP) is 4.42. The van der Waals surface area contributed by atoms with Gasteiger partial charge in [-0.3, -0.25) is 0 Å². The van der Waals surface area contributed by atoms with E-state index in [9.17, 15) is 9.90 Å².